The molecule has 1 atom stereocenters. The number of carbonyl (C=O) groups excluding carboxylic acids is 1. The van der Waals surface area contributed by atoms with Crippen LogP contribution in [0.1, 0.15) is 11.3 Å². The van der Waals surface area contributed by atoms with Gasteiger partial charge in [-0.15, -0.1) is 0 Å². The van der Waals surface area contributed by atoms with Gasteiger partial charge < -0.3 is 15.2 Å². The van der Waals surface area contributed by atoms with E-state index < -0.39 is 23.0 Å². The van der Waals surface area contributed by atoms with Gasteiger partial charge in [0.25, 0.3) is 5.56 Å². The first-order valence-corrected chi connectivity index (χ1v) is 9.87. The highest BCUT2D eigenvalue weighted by Crippen LogP contribution is 2.43. The van der Waals surface area contributed by atoms with E-state index in [9.17, 15) is 19.8 Å². The van der Waals surface area contributed by atoms with Crippen LogP contribution < -0.4 is 16.0 Å². The standard InChI is InChI=1S/C24H18N4O4/c29-21-19(20-22(30)26-18-14-8-7-13-17(18)25-20)24(32,15-9-3-1-4-10-15)28(27-23(21)31)16-11-5-2-6-12-16/h1-14,29,32H,(H,26,30)(H,27,31). The number of benzene rings is 3. The van der Waals surface area contributed by atoms with Crippen molar-refractivity contribution in [2.75, 3.05) is 5.01 Å². The summed E-state index contributed by atoms with van der Waals surface area (Å²) in [5, 5.41) is 24.2. The van der Waals surface area contributed by atoms with Crippen molar-refractivity contribution in [2.24, 2.45) is 0 Å². The molecule has 0 spiro atoms. The summed E-state index contributed by atoms with van der Waals surface area (Å²) in [4.78, 5) is 32.9. The van der Waals surface area contributed by atoms with Gasteiger partial charge in [-0.25, -0.2) is 9.99 Å². The number of H-pyrrole nitrogens is 1. The van der Waals surface area contributed by atoms with Gasteiger partial charge in [-0.05, 0) is 24.3 Å². The maximum Gasteiger partial charge on any atom is 0.305 e. The van der Waals surface area contributed by atoms with Gasteiger partial charge in [-0.2, -0.15) is 0 Å². The fraction of sp³-hybridized carbons (Fsp3) is 0.0417. The number of rotatable bonds is 3. The number of nitrogens with one attached hydrogen (secondary N) is 2. The molecule has 0 aliphatic carbocycles. The molecule has 1 aromatic heterocycles. The van der Waals surface area contributed by atoms with Crippen LogP contribution in [0.25, 0.3) is 16.6 Å². The van der Waals surface area contributed by atoms with Gasteiger partial charge in [0, 0.05) is 5.56 Å². The van der Waals surface area contributed by atoms with E-state index in [-0.39, 0.29) is 11.3 Å². The normalized spacial score (nSPS) is 18.7. The van der Waals surface area contributed by atoms with Crippen LogP contribution >= 0.6 is 0 Å². The summed E-state index contributed by atoms with van der Waals surface area (Å²) < 4.78 is 0. The van der Waals surface area contributed by atoms with Crippen molar-refractivity contribution in [2.45, 2.75) is 5.72 Å². The highest BCUT2D eigenvalue weighted by atomic mass is 16.3. The molecule has 0 fully saturated rings. The third-order valence-corrected chi connectivity index (χ3v) is 5.36. The molecule has 1 amide bonds. The van der Waals surface area contributed by atoms with Crippen molar-refractivity contribution in [3.8, 4) is 0 Å². The van der Waals surface area contributed by atoms with Crippen molar-refractivity contribution in [1.82, 2.24) is 15.4 Å². The van der Waals surface area contributed by atoms with Gasteiger partial charge in [0.1, 0.15) is 5.69 Å². The van der Waals surface area contributed by atoms with Crippen LogP contribution in [0.5, 0.6) is 0 Å². The number of hydrazine groups is 1. The number of aliphatic hydroxyl groups excluding tert-OH is 1. The van der Waals surface area contributed by atoms with Gasteiger partial charge >= 0.3 is 5.91 Å². The average molecular weight is 426 g/mol. The predicted molar refractivity (Wildman–Crippen MR) is 119 cm³/mol. The first-order chi connectivity index (χ1) is 15.5. The molecule has 32 heavy (non-hydrogen) atoms. The average Bonchev–Trinajstić information content (AvgIpc) is 2.83. The van der Waals surface area contributed by atoms with Gasteiger partial charge in [-0.1, -0.05) is 60.7 Å². The number of hydrogen-bond acceptors (Lipinski definition) is 6. The van der Waals surface area contributed by atoms with Crippen LogP contribution in [-0.2, 0) is 10.5 Å². The molecule has 1 aliphatic rings. The number of carbonyl (C=O) groups is 1. The summed E-state index contributed by atoms with van der Waals surface area (Å²) in [7, 11) is 0. The zero-order valence-electron chi connectivity index (χ0n) is 16.7. The Morgan fingerprint density at radius 2 is 1.47 bits per heavy atom. The first-order valence-electron chi connectivity index (χ1n) is 9.87. The molecule has 0 saturated carbocycles. The number of nitrogens with zero attached hydrogens (tertiary/aromatic N) is 2. The Morgan fingerprint density at radius 3 is 2.19 bits per heavy atom. The largest absolute Gasteiger partial charge is 0.503 e. The van der Waals surface area contributed by atoms with E-state index in [4.69, 9.17) is 0 Å². The molecule has 1 aliphatic heterocycles. The minimum Gasteiger partial charge on any atom is -0.503 e. The van der Waals surface area contributed by atoms with E-state index in [1.165, 1.54) is 5.01 Å². The second kappa shape index (κ2) is 7.36. The second-order valence-corrected chi connectivity index (χ2v) is 7.31. The van der Waals surface area contributed by atoms with Crippen LogP contribution in [0, 0.1) is 0 Å². The lowest BCUT2D eigenvalue weighted by molar-refractivity contribution is -0.122. The number of amides is 1. The highest BCUT2D eigenvalue weighted by Gasteiger charge is 2.50. The quantitative estimate of drug-likeness (QED) is 0.400. The summed E-state index contributed by atoms with van der Waals surface area (Å²) in [6.07, 6.45) is 0. The summed E-state index contributed by atoms with van der Waals surface area (Å²) in [5.74, 6) is -1.67. The molecule has 8 nitrogen and oxygen atoms in total. The van der Waals surface area contributed by atoms with Crippen molar-refractivity contribution in [3.05, 3.63) is 112 Å². The number of hydrogen-bond donors (Lipinski definition) is 4. The minimum absolute atomic E-state index is 0.261. The highest BCUT2D eigenvalue weighted by molar-refractivity contribution is 6.04. The Kier molecular flexibility index (Phi) is 4.49. The maximum absolute atomic E-state index is 13.0. The zero-order valence-corrected chi connectivity index (χ0v) is 16.7. The van der Waals surface area contributed by atoms with Gasteiger partial charge in [0.2, 0.25) is 5.72 Å². The molecule has 4 aromatic rings. The molecule has 2 heterocycles. The van der Waals surface area contributed by atoms with Gasteiger partial charge in [0.15, 0.2) is 5.76 Å². The molecule has 5 rings (SSSR count). The van der Waals surface area contributed by atoms with E-state index in [0.29, 0.717) is 22.3 Å². The zero-order chi connectivity index (χ0) is 22.3. The molecule has 1 unspecified atom stereocenters. The molecule has 158 valence electrons. The Hall–Kier alpha value is -4.43. The maximum atomic E-state index is 13.0. The monoisotopic (exact) mass is 426 g/mol. The molecule has 0 bridgehead atoms. The van der Waals surface area contributed by atoms with Crippen LogP contribution in [-0.4, -0.2) is 26.1 Å². The van der Waals surface area contributed by atoms with Crippen LogP contribution in [0.15, 0.2) is 95.5 Å². The summed E-state index contributed by atoms with van der Waals surface area (Å²) in [5.41, 5.74) is 0.850. The number of para-hydroxylation sites is 3. The Morgan fingerprint density at radius 1 is 0.844 bits per heavy atom. The molecule has 0 radical (unpaired) electrons. The Balaban J connectivity index is 1.85. The number of aliphatic hydroxyl groups is 2. The minimum atomic E-state index is -2.14. The fourth-order valence-electron chi connectivity index (χ4n) is 3.87. The van der Waals surface area contributed by atoms with Crippen LogP contribution in [0.4, 0.5) is 5.69 Å². The number of aromatic amines is 1. The molecular formula is C24H18N4O4. The van der Waals surface area contributed by atoms with E-state index >= 15 is 0 Å². The summed E-state index contributed by atoms with van der Waals surface area (Å²) >= 11 is 0. The van der Waals surface area contributed by atoms with Crippen molar-refractivity contribution < 1.29 is 15.0 Å². The molecule has 4 N–H and O–H groups in total. The molecule has 3 aromatic carbocycles. The van der Waals surface area contributed by atoms with Crippen molar-refractivity contribution in [1.29, 1.82) is 0 Å². The van der Waals surface area contributed by atoms with Gasteiger partial charge in [0.05, 0.1) is 22.3 Å². The topological polar surface area (TPSA) is 119 Å². The van der Waals surface area contributed by atoms with Crippen molar-refractivity contribution in [3.63, 3.8) is 0 Å². The Bertz CT molecular complexity index is 1420. The van der Waals surface area contributed by atoms with E-state index in [2.05, 4.69) is 15.4 Å². The number of fused-ring (bicyclic) bond motifs is 1. The lowest BCUT2D eigenvalue weighted by Crippen LogP contribution is -2.61. The SMILES string of the molecule is O=C1NN(c2ccccc2)C(O)(c2ccccc2)C(c2nc3ccccc3[nH]c2=O)=C1O. The van der Waals surface area contributed by atoms with E-state index in [1.54, 1.807) is 84.9 Å². The van der Waals surface area contributed by atoms with Crippen molar-refractivity contribution >= 4 is 28.2 Å². The van der Waals surface area contributed by atoms with Gasteiger partial charge in [-0.3, -0.25) is 15.0 Å². The molecular weight excluding hydrogens is 408 g/mol. The van der Waals surface area contributed by atoms with E-state index in [1.807, 2.05) is 0 Å². The first kappa shape index (κ1) is 19.5. The van der Waals surface area contributed by atoms with E-state index in [0.717, 1.165) is 0 Å². The molecule has 8 heteroatoms. The third-order valence-electron chi connectivity index (χ3n) is 5.36. The summed E-state index contributed by atoms with van der Waals surface area (Å²) in [6, 6.07) is 24.0. The lowest BCUT2D eigenvalue weighted by atomic mass is 9.88. The smallest absolute Gasteiger partial charge is 0.305 e. The summed E-state index contributed by atoms with van der Waals surface area (Å²) in [6.45, 7) is 0. The Labute approximate surface area is 182 Å². The molecule has 0 saturated heterocycles. The second-order valence-electron chi connectivity index (χ2n) is 7.31. The number of anilines is 1. The third kappa shape index (κ3) is 2.93. The fourth-order valence-corrected chi connectivity index (χ4v) is 3.87. The number of aromatic nitrogens is 2. The van der Waals surface area contributed by atoms with Crippen LogP contribution in [0.3, 0.4) is 0 Å². The lowest BCUT2D eigenvalue weighted by Gasteiger charge is -2.45. The predicted octanol–water partition coefficient (Wildman–Crippen LogP) is 2.59. The van der Waals surface area contributed by atoms with Crippen LogP contribution in [0.2, 0.25) is 0 Å².